The Hall–Kier alpha value is -2.68. The van der Waals surface area contributed by atoms with Gasteiger partial charge in [0.1, 0.15) is 11.6 Å². The summed E-state index contributed by atoms with van der Waals surface area (Å²) in [6.45, 7) is 6.98. The molecule has 6 nitrogen and oxygen atoms in total. The zero-order valence-corrected chi connectivity index (χ0v) is 20.7. The van der Waals surface area contributed by atoms with Crippen LogP contribution in [0.3, 0.4) is 0 Å². The SMILES string of the molecule is CCCN(CCC)Cc1nnc(CN(C)C)n1-c1ccc(Cl)cc1C(=O)c1c(F)cccc1F. The van der Waals surface area contributed by atoms with Gasteiger partial charge in [0.15, 0.2) is 11.6 Å². The van der Waals surface area contributed by atoms with E-state index in [0.29, 0.717) is 30.4 Å². The highest BCUT2D eigenvalue weighted by Crippen LogP contribution is 2.27. The van der Waals surface area contributed by atoms with E-state index in [0.717, 1.165) is 38.1 Å². The summed E-state index contributed by atoms with van der Waals surface area (Å²) in [6, 6.07) is 8.10. The molecule has 0 radical (unpaired) electrons. The quantitative estimate of drug-likeness (QED) is 0.350. The zero-order valence-electron chi connectivity index (χ0n) is 20.0. The van der Waals surface area contributed by atoms with Gasteiger partial charge in [-0.3, -0.25) is 14.3 Å². The van der Waals surface area contributed by atoms with Crippen LogP contribution >= 0.6 is 11.6 Å². The standard InChI is InChI=1S/C25H30ClF2N5O/c1-5-12-32(13-6-2)16-23-30-29-22(15-31(3)4)33(23)21-11-10-17(26)14-18(21)25(34)24-19(27)8-7-9-20(24)28/h7-11,14H,5-6,12-13,15-16H2,1-4H3. The van der Waals surface area contributed by atoms with E-state index in [-0.39, 0.29) is 10.6 Å². The summed E-state index contributed by atoms with van der Waals surface area (Å²) in [5.74, 6) is -1.39. The molecule has 0 unspecified atom stereocenters. The minimum atomic E-state index is -0.925. The van der Waals surface area contributed by atoms with E-state index in [4.69, 9.17) is 11.6 Å². The van der Waals surface area contributed by atoms with Crippen LogP contribution < -0.4 is 0 Å². The third-order valence-electron chi connectivity index (χ3n) is 5.33. The molecule has 3 rings (SSSR count). The molecule has 182 valence electrons. The number of carbonyl (C=O) groups is 1. The van der Waals surface area contributed by atoms with Crippen molar-refractivity contribution >= 4 is 17.4 Å². The first kappa shape index (κ1) is 25.9. The van der Waals surface area contributed by atoms with Gasteiger partial charge in [0.2, 0.25) is 5.78 Å². The molecule has 34 heavy (non-hydrogen) atoms. The molecule has 3 aromatic rings. The van der Waals surface area contributed by atoms with Crippen molar-refractivity contribution in [1.82, 2.24) is 24.6 Å². The second-order valence-electron chi connectivity index (χ2n) is 8.47. The maximum atomic E-state index is 14.5. The van der Waals surface area contributed by atoms with Crippen LogP contribution in [0, 0.1) is 11.6 Å². The Morgan fingerprint density at radius 2 is 1.56 bits per heavy atom. The van der Waals surface area contributed by atoms with Crippen LogP contribution in [0.4, 0.5) is 8.78 Å². The number of nitrogens with zero attached hydrogens (tertiary/aromatic N) is 5. The Labute approximate surface area is 204 Å². The van der Waals surface area contributed by atoms with E-state index < -0.39 is 23.0 Å². The van der Waals surface area contributed by atoms with Gasteiger partial charge in [-0.25, -0.2) is 8.78 Å². The molecule has 0 saturated carbocycles. The van der Waals surface area contributed by atoms with Crippen LogP contribution in [0.15, 0.2) is 36.4 Å². The predicted molar refractivity (Wildman–Crippen MR) is 129 cm³/mol. The van der Waals surface area contributed by atoms with E-state index in [1.54, 1.807) is 16.7 Å². The van der Waals surface area contributed by atoms with Crippen molar-refractivity contribution in [2.75, 3.05) is 27.2 Å². The van der Waals surface area contributed by atoms with E-state index in [1.807, 2.05) is 19.0 Å². The molecule has 0 N–H and O–H groups in total. The summed E-state index contributed by atoms with van der Waals surface area (Å²) >= 11 is 6.22. The van der Waals surface area contributed by atoms with Crippen LogP contribution in [0.25, 0.3) is 5.69 Å². The summed E-state index contributed by atoms with van der Waals surface area (Å²) in [5.41, 5.74) is -0.106. The summed E-state index contributed by atoms with van der Waals surface area (Å²) in [5, 5.41) is 9.11. The molecule has 0 bridgehead atoms. The van der Waals surface area contributed by atoms with Gasteiger partial charge in [0.05, 0.1) is 24.3 Å². The van der Waals surface area contributed by atoms with E-state index in [2.05, 4.69) is 28.9 Å². The Balaban J connectivity index is 2.19. The fourth-order valence-electron chi connectivity index (χ4n) is 3.96. The summed E-state index contributed by atoms with van der Waals surface area (Å²) in [7, 11) is 3.81. The van der Waals surface area contributed by atoms with Crippen molar-refractivity contribution in [2.45, 2.75) is 39.8 Å². The van der Waals surface area contributed by atoms with Gasteiger partial charge in [0.25, 0.3) is 0 Å². The largest absolute Gasteiger partial charge is 0.302 e. The third-order valence-corrected chi connectivity index (χ3v) is 5.57. The Morgan fingerprint density at radius 1 is 0.971 bits per heavy atom. The molecule has 1 heterocycles. The molecule has 0 aliphatic heterocycles. The molecular weight excluding hydrogens is 460 g/mol. The summed E-state index contributed by atoms with van der Waals surface area (Å²) in [6.07, 6.45) is 1.96. The lowest BCUT2D eigenvalue weighted by Gasteiger charge is -2.22. The van der Waals surface area contributed by atoms with Crippen molar-refractivity contribution in [3.05, 3.63) is 75.8 Å². The van der Waals surface area contributed by atoms with Gasteiger partial charge in [-0.2, -0.15) is 0 Å². The van der Waals surface area contributed by atoms with Crippen molar-refractivity contribution in [3.8, 4) is 5.69 Å². The Bertz CT molecular complexity index is 1120. The number of hydrogen-bond donors (Lipinski definition) is 0. The predicted octanol–water partition coefficient (Wildman–Crippen LogP) is 5.11. The van der Waals surface area contributed by atoms with Crippen LogP contribution in [0.2, 0.25) is 5.02 Å². The second kappa shape index (κ2) is 11.6. The van der Waals surface area contributed by atoms with Crippen molar-refractivity contribution in [1.29, 1.82) is 0 Å². The van der Waals surface area contributed by atoms with Crippen molar-refractivity contribution in [2.24, 2.45) is 0 Å². The van der Waals surface area contributed by atoms with Gasteiger partial charge >= 0.3 is 0 Å². The lowest BCUT2D eigenvalue weighted by atomic mass is 10.00. The topological polar surface area (TPSA) is 54.3 Å². The van der Waals surface area contributed by atoms with Crippen LogP contribution in [0.5, 0.6) is 0 Å². The molecular formula is C25H30ClF2N5O. The number of halogens is 3. The lowest BCUT2D eigenvalue weighted by molar-refractivity contribution is 0.103. The second-order valence-corrected chi connectivity index (χ2v) is 8.91. The number of benzene rings is 2. The molecule has 0 spiro atoms. The highest BCUT2D eigenvalue weighted by atomic mass is 35.5. The highest BCUT2D eigenvalue weighted by Gasteiger charge is 2.25. The summed E-state index contributed by atoms with van der Waals surface area (Å²) < 4.78 is 30.8. The molecule has 0 atom stereocenters. The van der Waals surface area contributed by atoms with Gasteiger partial charge in [-0.15, -0.1) is 10.2 Å². The smallest absolute Gasteiger partial charge is 0.201 e. The molecule has 1 aromatic heterocycles. The third kappa shape index (κ3) is 5.87. The summed E-state index contributed by atoms with van der Waals surface area (Å²) in [4.78, 5) is 17.6. The number of aromatic nitrogens is 3. The zero-order chi connectivity index (χ0) is 24.8. The van der Waals surface area contributed by atoms with Crippen LogP contribution in [0.1, 0.15) is 54.3 Å². The van der Waals surface area contributed by atoms with Gasteiger partial charge in [-0.1, -0.05) is 31.5 Å². The molecule has 0 saturated heterocycles. The van der Waals surface area contributed by atoms with Gasteiger partial charge in [-0.05, 0) is 70.4 Å². The minimum Gasteiger partial charge on any atom is -0.302 e. The Kier molecular flexibility index (Phi) is 8.88. The molecule has 9 heteroatoms. The van der Waals surface area contributed by atoms with E-state index in [1.165, 1.54) is 12.1 Å². The maximum Gasteiger partial charge on any atom is 0.201 e. The minimum absolute atomic E-state index is 0.0788. The fraction of sp³-hybridized carbons (Fsp3) is 0.400. The normalized spacial score (nSPS) is 11.6. The van der Waals surface area contributed by atoms with Gasteiger partial charge < -0.3 is 4.90 Å². The van der Waals surface area contributed by atoms with E-state index >= 15 is 0 Å². The molecule has 0 fully saturated rings. The maximum absolute atomic E-state index is 14.5. The molecule has 2 aromatic carbocycles. The monoisotopic (exact) mass is 489 g/mol. The molecule has 0 aliphatic rings. The van der Waals surface area contributed by atoms with Gasteiger partial charge in [0, 0.05) is 10.6 Å². The number of ketones is 1. The first-order valence-electron chi connectivity index (χ1n) is 11.4. The number of rotatable bonds is 11. The average Bonchev–Trinajstić information content (AvgIpc) is 3.15. The van der Waals surface area contributed by atoms with Crippen molar-refractivity contribution in [3.63, 3.8) is 0 Å². The fourth-order valence-corrected chi connectivity index (χ4v) is 4.13. The first-order valence-corrected chi connectivity index (χ1v) is 11.7. The molecule has 0 amide bonds. The van der Waals surface area contributed by atoms with Crippen molar-refractivity contribution < 1.29 is 13.6 Å². The highest BCUT2D eigenvalue weighted by molar-refractivity contribution is 6.31. The first-order chi connectivity index (χ1) is 16.3. The number of hydrogen-bond acceptors (Lipinski definition) is 5. The average molecular weight is 490 g/mol. The molecule has 0 aliphatic carbocycles. The van der Waals surface area contributed by atoms with E-state index in [9.17, 15) is 13.6 Å². The van der Waals surface area contributed by atoms with Crippen LogP contribution in [-0.4, -0.2) is 57.5 Å². The van der Waals surface area contributed by atoms with Crippen LogP contribution in [-0.2, 0) is 13.1 Å². The number of carbonyl (C=O) groups excluding carboxylic acids is 1. The Morgan fingerprint density at radius 3 is 2.12 bits per heavy atom. The lowest BCUT2D eigenvalue weighted by Crippen LogP contribution is -2.27.